The van der Waals surface area contributed by atoms with Gasteiger partial charge in [-0.25, -0.2) is 4.79 Å². The summed E-state index contributed by atoms with van der Waals surface area (Å²) in [6, 6.07) is 0. The Morgan fingerprint density at radius 1 is 1.44 bits per heavy atom. The largest absolute Gasteiger partial charge is 0.478 e. The van der Waals surface area contributed by atoms with Crippen molar-refractivity contribution in [1.82, 2.24) is 6.15 Å². The number of hydrogen-bond acceptors (Lipinski definition) is 2. The molecule has 1 rings (SSSR count). The average molecular weight is 131 g/mol. The van der Waals surface area contributed by atoms with Crippen molar-refractivity contribution in [2.24, 2.45) is 0 Å². The molecule has 0 bridgehead atoms. The molecule has 54 valence electrons. The summed E-state index contributed by atoms with van der Waals surface area (Å²) in [6.07, 6.45) is 5.33. The molecule has 1 aliphatic carbocycles. The first kappa shape index (κ1) is 11.0. The van der Waals surface area contributed by atoms with Gasteiger partial charge in [0.05, 0.1) is 0 Å². The third kappa shape index (κ3) is 40.7. The molecule has 4 N–H and O–H groups in total. The van der Waals surface area contributed by atoms with Gasteiger partial charge in [-0.15, -0.1) is 0 Å². The van der Waals surface area contributed by atoms with Crippen LogP contribution in [0.1, 0.15) is 19.3 Å². The van der Waals surface area contributed by atoms with Crippen molar-refractivity contribution in [2.75, 3.05) is 0 Å². The van der Waals surface area contributed by atoms with Crippen LogP contribution in [0.5, 0.6) is 0 Å². The van der Waals surface area contributed by atoms with Crippen LogP contribution >= 0.6 is 0 Å². The Morgan fingerprint density at radius 2 is 1.67 bits per heavy atom. The Bertz CT molecular complexity index is 86.3. The monoisotopic (exact) mass is 131 g/mol. The van der Waals surface area contributed by atoms with Crippen LogP contribution in [-0.2, 0) is 4.79 Å². The summed E-state index contributed by atoms with van der Waals surface area (Å²) >= 11 is 0. The Morgan fingerprint density at radius 3 is 1.67 bits per heavy atom. The minimum absolute atomic E-state index is 0. The van der Waals surface area contributed by atoms with Gasteiger partial charge in [-0.05, 0) is 0 Å². The molecule has 3 nitrogen and oxygen atoms in total. The number of rotatable bonds is 1. The van der Waals surface area contributed by atoms with Crippen LogP contribution in [0, 0.1) is 0 Å². The van der Waals surface area contributed by atoms with Gasteiger partial charge >= 0.3 is 5.97 Å². The number of carboxylic acids is 1. The highest BCUT2D eigenvalue weighted by atomic mass is 16.4. The molecule has 0 amide bonds. The van der Waals surface area contributed by atoms with Gasteiger partial charge in [-0.3, -0.25) is 0 Å². The summed E-state index contributed by atoms with van der Waals surface area (Å²) in [5, 5.41) is 7.60. The fourth-order valence-electron chi connectivity index (χ4n) is 0. The molecule has 0 aromatic carbocycles. The van der Waals surface area contributed by atoms with Gasteiger partial charge in [0, 0.05) is 6.08 Å². The van der Waals surface area contributed by atoms with Crippen LogP contribution < -0.4 is 6.15 Å². The zero-order chi connectivity index (χ0) is 6.41. The minimum atomic E-state index is -0.981. The number of hydrogen-bond donors (Lipinski definition) is 2. The molecular weight excluding hydrogens is 118 g/mol. The summed E-state index contributed by atoms with van der Waals surface area (Å²) in [5.74, 6) is -0.981. The maximum atomic E-state index is 9.25. The summed E-state index contributed by atoms with van der Waals surface area (Å²) < 4.78 is 0. The first-order chi connectivity index (χ1) is 3.77. The van der Waals surface area contributed by atoms with Gasteiger partial charge in [0.15, 0.2) is 0 Å². The van der Waals surface area contributed by atoms with E-state index in [0.29, 0.717) is 0 Å². The third-order valence-electron chi connectivity index (χ3n) is 0.528. The summed E-state index contributed by atoms with van der Waals surface area (Å²) in [5.41, 5.74) is 0. The lowest BCUT2D eigenvalue weighted by Crippen LogP contribution is -1.82. The van der Waals surface area contributed by atoms with Crippen molar-refractivity contribution < 1.29 is 9.90 Å². The average Bonchev–Trinajstić information content (AvgIpc) is 2.48. The van der Waals surface area contributed by atoms with Gasteiger partial charge in [0.1, 0.15) is 0 Å². The van der Waals surface area contributed by atoms with Gasteiger partial charge in [0.2, 0.25) is 0 Å². The van der Waals surface area contributed by atoms with E-state index < -0.39 is 5.97 Å². The predicted octanol–water partition coefficient (Wildman–Crippen LogP) is 1.59. The molecule has 1 aliphatic rings. The van der Waals surface area contributed by atoms with Crippen LogP contribution in [0.4, 0.5) is 0 Å². The molecule has 0 aliphatic heterocycles. The molecule has 0 unspecified atom stereocenters. The quantitative estimate of drug-likeness (QED) is 0.531. The standard InChI is InChI=1S/C3H4O2.C3H6.H3N/c1-2-3(4)5;1-2-3-1;/h2H,1H2,(H,4,5);1-3H2;1H3. The number of aliphatic carboxylic acids is 1. The lowest BCUT2D eigenvalue weighted by atomic mass is 10.7. The zero-order valence-electron chi connectivity index (χ0n) is 5.47. The minimum Gasteiger partial charge on any atom is -0.478 e. The lowest BCUT2D eigenvalue weighted by molar-refractivity contribution is -0.131. The van der Waals surface area contributed by atoms with Crippen molar-refractivity contribution in [1.29, 1.82) is 0 Å². The van der Waals surface area contributed by atoms with Gasteiger partial charge in [-0.1, -0.05) is 25.8 Å². The van der Waals surface area contributed by atoms with Crippen LogP contribution in [0.15, 0.2) is 12.7 Å². The molecule has 0 aromatic rings. The highest BCUT2D eigenvalue weighted by Gasteiger charge is 1.95. The fourth-order valence-corrected chi connectivity index (χ4v) is 0. The Hall–Kier alpha value is -0.830. The predicted molar refractivity (Wildman–Crippen MR) is 36.7 cm³/mol. The molecule has 0 radical (unpaired) electrons. The highest BCUT2D eigenvalue weighted by molar-refractivity contribution is 5.78. The molecule has 0 atom stereocenters. The van der Waals surface area contributed by atoms with Gasteiger partial charge < -0.3 is 11.3 Å². The third-order valence-corrected chi connectivity index (χ3v) is 0.528. The van der Waals surface area contributed by atoms with E-state index in [4.69, 9.17) is 5.11 Å². The van der Waals surface area contributed by atoms with Crippen molar-refractivity contribution >= 4 is 5.97 Å². The SMILES string of the molecule is C1CC1.C=CC(=O)O.N. The van der Waals surface area contributed by atoms with E-state index in [9.17, 15) is 4.79 Å². The molecule has 0 saturated heterocycles. The van der Waals surface area contributed by atoms with Crippen LogP contribution in [0.2, 0.25) is 0 Å². The summed E-state index contributed by atoms with van der Waals surface area (Å²) in [6.45, 7) is 2.96. The summed E-state index contributed by atoms with van der Waals surface area (Å²) in [7, 11) is 0. The van der Waals surface area contributed by atoms with Crippen LogP contribution in [-0.4, -0.2) is 11.1 Å². The number of carboxylic acid groups (broad SMARTS) is 1. The van der Waals surface area contributed by atoms with Crippen molar-refractivity contribution in [2.45, 2.75) is 19.3 Å². The second-order valence-electron chi connectivity index (χ2n) is 1.60. The van der Waals surface area contributed by atoms with Crippen molar-refractivity contribution in [3.05, 3.63) is 12.7 Å². The molecular formula is C6H13NO2. The molecule has 9 heavy (non-hydrogen) atoms. The van der Waals surface area contributed by atoms with E-state index in [1.165, 1.54) is 19.3 Å². The molecule has 1 fully saturated rings. The van der Waals surface area contributed by atoms with Gasteiger partial charge in [-0.2, -0.15) is 0 Å². The Balaban J connectivity index is 0. The first-order valence-electron chi connectivity index (χ1n) is 2.62. The van der Waals surface area contributed by atoms with Crippen LogP contribution in [0.25, 0.3) is 0 Å². The molecule has 1 saturated carbocycles. The second kappa shape index (κ2) is 7.17. The maximum absolute atomic E-state index is 9.25. The van der Waals surface area contributed by atoms with Crippen molar-refractivity contribution in [3.63, 3.8) is 0 Å². The molecule has 0 spiro atoms. The van der Waals surface area contributed by atoms with E-state index in [2.05, 4.69) is 6.58 Å². The Labute approximate surface area is 55.0 Å². The first-order valence-corrected chi connectivity index (χ1v) is 2.62. The van der Waals surface area contributed by atoms with E-state index >= 15 is 0 Å². The van der Waals surface area contributed by atoms with E-state index in [1.807, 2.05) is 0 Å². The van der Waals surface area contributed by atoms with E-state index in [1.54, 1.807) is 0 Å². The summed E-state index contributed by atoms with van der Waals surface area (Å²) in [4.78, 5) is 9.25. The fraction of sp³-hybridized carbons (Fsp3) is 0.500. The molecule has 3 heteroatoms. The lowest BCUT2D eigenvalue weighted by Gasteiger charge is -1.64. The van der Waals surface area contributed by atoms with Gasteiger partial charge in [0.25, 0.3) is 0 Å². The number of carbonyl (C=O) groups is 1. The van der Waals surface area contributed by atoms with Crippen LogP contribution in [0.3, 0.4) is 0 Å². The molecule has 0 heterocycles. The highest BCUT2D eigenvalue weighted by Crippen LogP contribution is 2.14. The topological polar surface area (TPSA) is 72.3 Å². The van der Waals surface area contributed by atoms with E-state index in [0.717, 1.165) is 6.08 Å². The molecule has 0 aromatic heterocycles. The maximum Gasteiger partial charge on any atom is 0.327 e. The second-order valence-corrected chi connectivity index (χ2v) is 1.60. The zero-order valence-corrected chi connectivity index (χ0v) is 5.47. The Kier molecular flexibility index (Phi) is 8.79. The van der Waals surface area contributed by atoms with E-state index in [-0.39, 0.29) is 6.15 Å². The smallest absolute Gasteiger partial charge is 0.327 e. The normalized spacial score (nSPS) is 11.6. The van der Waals surface area contributed by atoms with Crippen molar-refractivity contribution in [3.8, 4) is 0 Å².